The molecule has 2 aliphatic heterocycles. The fourth-order valence-electron chi connectivity index (χ4n) is 3.33. The highest BCUT2D eigenvalue weighted by atomic mass is 19.4. The van der Waals surface area contributed by atoms with Gasteiger partial charge >= 0.3 is 6.18 Å². The molecule has 0 saturated carbocycles. The van der Waals surface area contributed by atoms with Crippen molar-refractivity contribution in [3.8, 4) is 0 Å². The van der Waals surface area contributed by atoms with Crippen LogP contribution in [0.3, 0.4) is 0 Å². The minimum absolute atomic E-state index is 0.178. The van der Waals surface area contributed by atoms with E-state index in [1.54, 1.807) is 0 Å². The number of alkyl halides is 3. The Morgan fingerprint density at radius 1 is 1.26 bits per heavy atom. The van der Waals surface area contributed by atoms with Gasteiger partial charge in [-0.15, -0.1) is 0 Å². The average molecular weight is 278 g/mol. The molecule has 5 heteroatoms. The maximum atomic E-state index is 12.8. The summed E-state index contributed by atoms with van der Waals surface area (Å²) in [6.07, 6.45) is -0.761. The molecule has 2 aliphatic rings. The molecule has 0 aromatic heterocycles. The number of nitrogens with one attached hydrogen (secondary N) is 1. The lowest BCUT2D eigenvalue weighted by molar-refractivity contribution is -0.187. The van der Waals surface area contributed by atoms with Crippen molar-refractivity contribution in [3.63, 3.8) is 0 Å². The zero-order chi connectivity index (χ0) is 14.1. The molecule has 0 spiro atoms. The lowest BCUT2D eigenvalue weighted by Crippen LogP contribution is -2.55. The van der Waals surface area contributed by atoms with Gasteiger partial charge in [-0.2, -0.15) is 13.2 Å². The van der Waals surface area contributed by atoms with E-state index in [1.165, 1.54) is 0 Å². The van der Waals surface area contributed by atoms with Crippen LogP contribution in [-0.2, 0) is 0 Å². The van der Waals surface area contributed by atoms with Crippen molar-refractivity contribution >= 4 is 0 Å². The molecule has 0 radical (unpaired) electrons. The Labute approximate surface area is 113 Å². The third kappa shape index (κ3) is 3.85. The fraction of sp³-hybridized carbons (Fsp3) is 1.00. The second-order valence-corrected chi connectivity index (χ2v) is 6.74. The number of hydrogen-bond donors (Lipinski definition) is 1. The minimum atomic E-state index is -4.03. The van der Waals surface area contributed by atoms with Crippen LogP contribution in [-0.4, -0.2) is 43.3 Å². The molecule has 112 valence electrons. The molecule has 0 aromatic carbocycles. The molecule has 2 nitrogen and oxygen atoms in total. The Morgan fingerprint density at radius 3 is 2.63 bits per heavy atom. The van der Waals surface area contributed by atoms with Crippen molar-refractivity contribution in [1.82, 2.24) is 10.2 Å². The van der Waals surface area contributed by atoms with Gasteiger partial charge in [0, 0.05) is 19.1 Å². The zero-order valence-corrected chi connectivity index (χ0v) is 11.9. The highest BCUT2D eigenvalue weighted by Gasteiger charge is 2.42. The largest absolute Gasteiger partial charge is 0.393 e. The van der Waals surface area contributed by atoms with E-state index >= 15 is 0 Å². The topological polar surface area (TPSA) is 15.3 Å². The summed E-state index contributed by atoms with van der Waals surface area (Å²) < 4.78 is 38.4. The highest BCUT2D eigenvalue weighted by Crippen LogP contribution is 2.35. The van der Waals surface area contributed by atoms with E-state index in [4.69, 9.17) is 0 Å². The van der Waals surface area contributed by atoms with Crippen LogP contribution in [0.2, 0.25) is 0 Å². The van der Waals surface area contributed by atoms with Crippen LogP contribution in [0.4, 0.5) is 13.2 Å². The third-order valence-corrected chi connectivity index (χ3v) is 4.74. The summed E-state index contributed by atoms with van der Waals surface area (Å²) >= 11 is 0. The van der Waals surface area contributed by atoms with Crippen LogP contribution in [0, 0.1) is 11.3 Å². The molecule has 2 unspecified atom stereocenters. The van der Waals surface area contributed by atoms with E-state index in [2.05, 4.69) is 19.2 Å². The quantitative estimate of drug-likeness (QED) is 0.835. The molecule has 2 heterocycles. The first-order chi connectivity index (χ1) is 8.79. The summed E-state index contributed by atoms with van der Waals surface area (Å²) in [5, 5.41) is 3.49. The van der Waals surface area contributed by atoms with Crippen molar-refractivity contribution < 1.29 is 13.2 Å². The number of rotatable bonds is 2. The SMILES string of the molecule is CC1(C)CCCNC1CN1CCCC(C(F)(F)F)C1. The molecule has 2 saturated heterocycles. The summed E-state index contributed by atoms with van der Waals surface area (Å²) in [5.41, 5.74) is 0.184. The van der Waals surface area contributed by atoms with E-state index in [-0.39, 0.29) is 12.0 Å². The van der Waals surface area contributed by atoms with Crippen LogP contribution in [0.1, 0.15) is 39.5 Å². The van der Waals surface area contributed by atoms with Gasteiger partial charge in [0.15, 0.2) is 0 Å². The van der Waals surface area contributed by atoms with Crippen LogP contribution >= 0.6 is 0 Å². The number of halogens is 3. The predicted molar refractivity (Wildman–Crippen MR) is 70.0 cm³/mol. The van der Waals surface area contributed by atoms with E-state index < -0.39 is 12.1 Å². The van der Waals surface area contributed by atoms with Crippen molar-refractivity contribution in [2.75, 3.05) is 26.2 Å². The van der Waals surface area contributed by atoms with Crippen molar-refractivity contribution in [2.24, 2.45) is 11.3 Å². The Balaban J connectivity index is 1.91. The summed E-state index contributed by atoms with van der Waals surface area (Å²) in [5.74, 6) is -1.13. The molecule has 0 amide bonds. The molecule has 2 atom stereocenters. The smallest absolute Gasteiger partial charge is 0.312 e. The zero-order valence-electron chi connectivity index (χ0n) is 11.9. The Bertz CT molecular complexity index is 302. The van der Waals surface area contributed by atoms with Crippen LogP contribution < -0.4 is 5.32 Å². The summed E-state index contributed by atoms with van der Waals surface area (Å²) in [6, 6.07) is 0.313. The van der Waals surface area contributed by atoms with Gasteiger partial charge in [-0.05, 0) is 44.2 Å². The minimum Gasteiger partial charge on any atom is -0.312 e. The molecular weight excluding hydrogens is 253 g/mol. The van der Waals surface area contributed by atoms with Gasteiger partial charge in [0.2, 0.25) is 0 Å². The van der Waals surface area contributed by atoms with Crippen molar-refractivity contribution in [3.05, 3.63) is 0 Å². The Kier molecular flexibility index (Phi) is 4.45. The van der Waals surface area contributed by atoms with Crippen LogP contribution in [0.25, 0.3) is 0 Å². The van der Waals surface area contributed by atoms with E-state index in [9.17, 15) is 13.2 Å². The number of likely N-dealkylation sites (tertiary alicyclic amines) is 1. The predicted octanol–water partition coefficient (Wildman–Crippen LogP) is 3.04. The lowest BCUT2D eigenvalue weighted by Gasteiger charge is -2.43. The Hall–Kier alpha value is -0.290. The van der Waals surface area contributed by atoms with Gasteiger partial charge in [0.25, 0.3) is 0 Å². The normalized spacial score (nSPS) is 33.3. The van der Waals surface area contributed by atoms with Gasteiger partial charge in [-0.3, -0.25) is 0 Å². The van der Waals surface area contributed by atoms with Crippen LogP contribution in [0.15, 0.2) is 0 Å². The van der Waals surface area contributed by atoms with Gasteiger partial charge in [-0.25, -0.2) is 0 Å². The average Bonchev–Trinajstić information content (AvgIpc) is 2.31. The van der Waals surface area contributed by atoms with Gasteiger partial charge < -0.3 is 10.2 Å². The maximum absolute atomic E-state index is 12.8. The first kappa shape index (κ1) is 15.1. The van der Waals surface area contributed by atoms with Gasteiger partial charge in [-0.1, -0.05) is 13.8 Å². The number of nitrogens with zero attached hydrogens (tertiary/aromatic N) is 1. The number of hydrogen-bond acceptors (Lipinski definition) is 2. The maximum Gasteiger partial charge on any atom is 0.393 e. The van der Waals surface area contributed by atoms with E-state index in [0.717, 1.165) is 32.5 Å². The molecule has 2 rings (SSSR count). The molecule has 0 aliphatic carbocycles. The molecule has 2 fully saturated rings. The molecule has 19 heavy (non-hydrogen) atoms. The van der Waals surface area contributed by atoms with Crippen molar-refractivity contribution in [1.29, 1.82) is 0 Å². The highest BCUT2D eigenvalue weighted by molar-refractivity contribution is 4.91. The standard InChI is InChI=1S/C14H25F3N2/c1-13(2)6-4-7-18-12(13)10-19-8-3-5-11(9-19)14(15,16)17/h11-12,18H,3-10H2,1-2H3. The monoisotopic (exact) mass is 278 g/mol. The van der Waals surface area contributed by atoms with E-state index in [0.29, 0.717) is 18.9 Å². The second kappa shape index (κ2) is 5.60. The molecular formula is C14H25F3N2. The fourth-order valence-corrected chi connectivity index (χ4v) is 3.33. The molecule has 0 aromatic rings. The van der Waals surface area contributed by atoms with E-state index in [1.807, 2.05) is 4.90 Å². The molecule has 1 N–H and O–H groups in total. The lowest BCUT2D eigenvalue weighted by atomic mass is 9.77. The van der Waals surface area contributed by atoms with Gasteiger partial charge in [0.1, 0.15) is 0 Å². The first-order valence-corrected chi connectivity index (χ1v) is 7.31. The van der Waals surface area contributed by atoms with Crippen LogP contribution in [0.5, 0.6) is 0 Å². The Morgan fingerprint density at radius 2 is 2.00 bits per heavy atom. The van der Waals surface area contributed by atoms with Crippen molar-refractivity contribution in [2.45, 2.75) is 51.7 Å². The summed E-state index contributed by atoms with van der Waals surface area (Å²) in [6.45, 7) is 7.16. The second-order valence-electron chi connectivity index (χ2n) is 6.74. The summed E-state index contributed by atoms with van der Waals surface area (Å²) in [4.78, 5) is 2.01. The molecule has 0 bridgehead atoms. The number of piperidine rings is 2. The first-order valence-electron chi connectivity index (χ1n) is 7.31. The third-order valence-electron chi connectivity index (χ3n) is 4.74. The summed E-state index contributed by atoms with van der Waals surface area (Å²) in [7, 11) is 0. The van der Waals surface area contributed by atoms with Gasteiger partial charge in [0.05, 0.1) is 5.92 Å².